The first kappa shape index (κ1) is 26.0. The second-order valence-electron chi connectivity index (χ2n) is 7.69. The lowest BCUT2D eigenvalue weighted by Gasteiger charge is -2.06. The first-order valence-electron chi connectivity index (χ1n) is 10.8. The van der Waals surface area contributed by atoms with E-state index in [2.05, 4.69) is 15.3 Å². The van der Waals surface area contributed by atoms with Crippen molar-refractivity contribution in [1.29, 1.82) is 0 Å². The summed E-state index contributed by atoms with van der Waals surface area (Å²) < 4.78 is 50.9. The van der Waals surface area contributed by atoms with Gasteiger partial charge in [-0.2, -0.15) is 13.2 Å². The van der Waals surface area contributed by atoms with Crippen LogP contribution in [-0.4, -0.2) is 20.0 Å². The molecule has 0 radical (unpaired) electrons. The zero-order valence-electron chi connectivity index (χ0n) is 18.7. The zero-order chi connectivity index (χ0) is 23.8. The number of aromatic nitrogens is 4. The van der Waals surface area contributed by atoms with E-state index in [1.54, 1.807) is 18.3 Å². The minimum Gasteiger partial charge on any atom is -0.487 e. The number of hydrogen-bond acceptors (Lipinski definition) is 5. The number of nitrogens with zero attached hydrogens (tertiary/aromatic N) is 4. The number of halogens is 4. The fourth-order valence-electron chi connectivity index (χ4n) is 3.28. The maximum absolute atomic E-state index is 12.6. The quantitative estimate of drug-likeness (QED) is 0.231. The summed E-state index contributed by atoms with van der Waals surface area (Å²) in [6.07, 6.45) is 7.00. The van der Waals surface area contributed by atoms with Crippen LogP contribution in [0, 0.1) is 0 Å². The lowest BCUT2D eigenvalue weighted by molar-refractivity contribution is -0.137. The van der Waals surface area contributed by atoms with Gasteiger partial charge in [0.1, 0.15) is 24.3 Å². The number of benzene rings is 2. The SMILES string of the molecule is Cl.FC(F)(F)c1ccc(C=Cc2nc(COc3ccc(CCCCn4ccnn4)cc3)co2)cc1. The van der Waals surface area contributed by atoms with E-state index >= 15 is 0 Å². The van der Waals surface area contributed by atoms with Crippen LogP contribution in [0.2, 0.25) is 0 Å². The molecule has 0 amide bonds. The van der Waals surface area contributed by atoms with Crippen LogP contribution in [0.3, 0.4) is 0 Å². The molecule has 2 heterocycles. The standard InChI is InChI=1S/C25H23F3N4O2.ClH/c26-25(27,28)21-9-4-20(5-10-21)8-13-24-30-22(18-34-24)17-33-23-11-6-19(7-12-23)3-1-2-15-32-16-14-29-31-32;/h4-14,16,18H,1-3,15,17H2;1H. The number of rotatable bonds is 10. The molecule has 0 bridgehead atoms. The Morgan fingerprint density at radius 1 is 0.971 bits per heavy atom. The summed E-state index contributed by atoms with van der Waals surface area (Å²) in [7, 11) is 0. The average Bonchev–Trinajstić information content (AvgIpc) is 3.52. The molecule has 4 aromatic rings. The zero-order valence-corrected chi connectivity index (χ0v) is 19.5. The molecule has 2 aromatic carbocycles. The first-order valence-corrected chi connectivity index (χ1v) is 10.8. The van der Waals surface area contributed by atoms with Crippen molar-refractivity contribution in [3.8, 4) is 5.75 Å². The summed E-state index contributed by atoms with van der Waals surface area (Å²) in [6.45, 7) is 1.11. The fraction of sp³-hybridized carbons (Fsp3) is 0.240. The molecule has 0 unspecified atom stereocenters. The van der Waals surface area contributed by atoms with Gasteiger partial charge in [0.25, 0.3) is 0 Å². The molecule has 0 fully saturated rings. The van der Waals surface area contributed by atoms with Crippen LogP contribution in [0.1, 0.15) is 41.1 Å². The molecule has 0 saturated heterocycles. The van der Waals surface area contributed by atoms with Crippen molar-refractivity contribution in [2.75, 3.05) is 0 Å². The van der Waals surface area contributed by atoms with Crippen LogP contribution in [0.15, 0.2) is 71.6 Å². The van der Waals surface area contributed by atoms with Gasteiger partial charge in [0.2, 0.25) is 5.89 Å². The van der Waals surface area contributed by atoms with Crippen LogP contribution in [0.25, 0.3) is 12.2 Å². The molecule has 35 heavy (non-hydrogen) atoms. The third kappa shape index (κ3) is 7.99. The van der Waals surface area contributed by atoms with Crippen molar-refractivity contribution in [2.24, 2.45) is 0 Å². The molecular formula is C25H24ClF3N4O2. The molecule has 0 aliphatic heterocycles. The normalized spacial score (nSPS) is 11.5. The van der Waals surface area contributed by atoms with Crippen LogP contribution in [0.5, 0.6) is 5.75 Å². The maximum Gasteiger partial charge on any atom is 0.416 e. The molecule has 4 rings (SSSR count). The molecule has 0 spiro atoms. The number of unbranched alkanes of at least 4 members (excludes halogenated alkanes) is 1. The van der Waals surface area contributed by atoms with E-state index in [-0.39, 0.29) is 19.0 Å². The Morgan fingerprint density at radius 3 is 2.43 bits per heavy atom. The Morgan fingerprint density at radius 2 is 1.74 bits per heavy atom. The Hall–Kier alpha value is -3.59. The summed E-state index contributed by atoms with van der Waals surface area (Å²) in [6, 6.07) is 12.8. The van der Waals surface area contributed by atoms with E-state index in [1.165, 1.54) is 24.0 Å². The first-order chi connectivity index (χ1) is 16.5. The van der Waals surface area contributed by atoms with Gasteiger partial charge in [-0.1, -0.05) is 29.5 Å². The summed E-state index contributed by atoms with van der Waals surface area (Å²) in [5.74, 6) is 1.08. The molecule has 0 N–H and O–H groups in total. The van der Waals surface area contributed by atoms with Crippen molar-refractivity contribution in [1.82, 2.24) is 20.0 Å². The molecule has 0 aliphatic rings. The Labute approximate surface area is 206 Å². The maximum atomic E-state index is 12.6. The van der Waals surface area contributed by atoms with Crippen molar-refractivity contribution in [2.45, 2.75) is 38.6 Å². The predicted molar refractivity (Wildman–Crippen MR) is 128 cm³/mol. The third-order valence-electron chi connectivity index (χ3n) is 5.11. The van der Waals surface area contributed by atoms with Gasteiger partial charge in [-0.25, -0.2) is 4.98 Å². The monoisotopic (exact) mass is 504 g/mol. The van der Waals surface area contributed by atoms with E-state index in [0.717, 1.165) is 43.7 Å². The van der Waals surface area contributed by atoms with E-state index in [4.69, 9.17) is 9.15 Å². The van der Waals surface area contributed by atoms with Crippen molar-refractivity contribution in [3.63, 3.8) is 0 Å². The van der Waals surface area contributed by atoms with Gasteiger partial charge in [-0.15, -0.1) is 17.5 Å². The van der Waals surface area contributed by atoms with Crippen molar-refractivity contribution >= 4 is 24.6 Å². The lowest BCUT2D eigenvalue weighted by Crippen LogP contribution is -2.03. The van der Waals surface area contributed by atoms with Crippen molar-refractivity contribution in [3.05, 3.63) is 95.5 Å². The second-order valence-corrected chi connectivity index (χ2v) is 7.69. The van der Waals surface area contributed by atoms with Crippen molar-refractivity contribution < 1.29 is 22.3 Å². The van der Waals surface area contributed by atoms with Crippen LogP contribution >= 0.6 is 12.4 Å². The van der Waals surface area contributed by atoms with E-state index in [1.807, 2.05) is 35.1 Å². The smallest absolute Gasteiger partial charge is 0.416 e. The highest BCUT2D eigenvalue weighted by atomic mass is 35.5. The fourth-order valence-corrected chi connectivity index (χ4v) is 3.28. The molecule has 184 valence electrons. The molecule has 0 aliphatic carbocycles. The van der Waals surface area contributed by atoms with E-state index < -0.39 is 11.7 Å². The minimum absolute atomic E-state index is 0. The highest BCUT2D eigenvalue weighted by Gasteiger charge is 2.29. The number of hydrogen-bond donors (Lipinski definition) is 0. The number of aryl methyl sites for hydroxylation is 2. The summed E-state index contributed by atoms with van der Waals surface area (Å²) in [4.78, 5) is 4.32. The Kier molecular flexibility index (Phi) is 9.08. The van der Waals surface area contributed by atoms with Gasteiger partial charge >= 0.3 is 6.18 Å². The summed E-state index contributed by atoms with van der Waals surface area (Å²) in [5.41, 5.74) is 1.78. The van der Waals surface area contributed by atoms with Gasteiger partial charge in [0.05, 0.1) is 11.8 Å². The summed E-state index contributed by atoms with van der Waals surface area (Å²) in [5, 5.41) is 7.75. The average molecular weight is 505 g/mol. The molecule has 0 atom stereocenters. The summed E-state index contributed by atoms with van der Waals surface area (Å²) >= 11 is 0. The van der Waals surface area contributed by atoms with E-state index in [0.29, 0.717) is 17.1 Å². The van der Waals surface area contributed by atoms with E-state index in [9.17, 15) is 13.2 Å². The van der Waals surface area contributed by atoms with Gasteiger partial charge in [0, 0.05) is 18.8 Å². The predicted octanol–water partition coefficient (Wildman–Crippen LogP) is 6.48. The Balaban J connectivity index is 0.00000342. The number of oxazole rings is 1. The molecule has 0 saturated carbocycles. The molecule has 6 nitrogen and oxygen atoms in total. The van der Waals surface area contributed by atoms with Gasteiger partial charge < -0.3 is 9.15 Å². The lowest BCUT2D eigenvalue weighted by atomic mass is 10.1. The Bertz CT molecular complexity index is 1190. The molecule has 10 heteroatoms. The number of alkyl halides is 3. The van der Waals surface area contributed by atoms with Crippen LogP contribution < -0.4 is 4.74 Å². The van der Waals surface area contributed by atoms with Gasteiger partial charge in [-0.3, -0.25) is 4.68 Å². The second kappa shape index (κ2) is 12.2. The minimum atomic E-state index is -4.35. The van der Waals surface area contributed by atoms with Crippen LogP contribution in [-0.2, 0) is 25.7 Å². The largest absolute Gasteiger partial charge is 0.487 e. The third-order valence-corrected chi connectivity index (χ3v) is 5.11. The topological polar surface area (TPSA) is 66.0 Å². The number of ether oxygens (including phenoxy) is 1. The van der Waals surface area contributed by atoms with Crippen LogP contribution in [0.4, 0.5) is 13.2 Å². The molecular weight excluding hydrogens is 481 g/mol. The highest BCUT2D eigenvalue weighted by Crippen LogP contribution is 2.29. The molecule has 2 aromatic heterocycles. The van der Waals surface area contributed by atoms with Gasteiger partial charge in [-0.05, 0) is 60.7 Å². The van der Waals surface area contributed by atoms with Gasteiger partial charge in [0.15, 0.2) is 0 Å². The highest BCUT2D eigenvalue weighted by molar-refractivity contribution is 5.85.